The summed E-state index contributed by atoms with van der Waals surface area (Å²) in [5, 5.41) is 0. The molecule has 0 aliphatic carbocycles. The summed E-state index contributed by atoms with van der Waals surface area (Å²) in [6.07, 6.45) is 1.33. The number of aryl methyl sites for hydroxylation is 1. The zero-order chi connectivity index (χ0) is 17.9. The minimum Gasteiger partial charge on any atom is -0.496 e. The van der Waals surface area contributed by atoms with Gasteiger partial charge in [-0.3, -0.25) is 4.90 Å². The summed E-state index contributed by atoms with van der Waals surface area (Å²) in [5.41, 5.74) is 11.7. The van der Waals surface area contributed by atoms with Gasteiger partial charge in [0, 0.05) is 37.8 Å². The quantitative estimate of drug-likeness (QED) is 0.735. The molecule has 0 fully saturated rings. The van der Waals surface area contributed by atoms with Crippen LogP contribution in [0.4, 0.5) is 0 Å². The van der Waals surface area contributed by atoms with E-state index in [4.69, 9.17) is 15.2 Å². The molecule has 0 radical (unpaired) electrons. The van der Waals surface area contributed by atoms with Crippen molar-refractivity contribution >= 4 is 0 Å². The molecule has 4 heteroatoms. The third kappa shape index (κ3) is 3.93. The first kappa shape index (κ1) is 19.2. The van der Waals surface area contributed by atoms with E-state index in [-0.39, 0.29) is 6.04 Å². The van der Waals surface area contributed by atoms with E-state index in [1.807, 2.05) is 0 Å². The van der Waals surface area contributed by atoms with Crippen molar-refractivity contribution in [3.05, 3.63) is 28.3 Å². The van der Waals surface area contributed by atoms with Crippen LogP contribution < -0.4 is 10.5 Å². The fourth-order valence-electron chi connectivity index (χ4n) is 3.81. The molecule has 1 aromatic rings. The summed E-state index contributed by atoms with van der Waals surface area (Å²) in [7, 11) is 1.76. The first-order valence-electron chi connectivity index (χ1n) is 9.16. The molecule has 1 heterocycles. The summed E-state index contributed by atoms with van der Waals surface area (Å²) >= 11 is 0. The van der Waals surface area contributed by atoms with E-state index in [0.29, 0.717) is 18.6 Å². The number of rotatable bonds is 8. The second kappa shape index (κ2) is 8.32. The third-order valence-electron chi connectivity index (χ3n) is 4.90. The molecule has 0 bridgehead atoms. The van der Waals surface area contributed by atoms with Gasteiger partial charge in [-0.1, -0.05) is 13.8 Å². The smallest absolute Gasteiger partial charge is 0.122 e. The molecule has 1 atom stereocenters. The molecule has 1 aliphatic rings. The number of nitrogens with zero attached hydrogens (tertiary/aromatic N) is 1. The number of methoxy groups -OCH3 is 1. The van der Waals surface area contributed by atoms with Gasteiger partial charge in [0.05, 0.1) is 13.2 Å². The number of ether oxygens (including phenoxy) is 2. The molecule has 0 aromatic heterocycles. The summed E-state index contributed by atoms with van der Waals surface area (Å²) < 4.78 is 11.4. The predicted molar refractivity (Wildman–Crippen MR) is 99.7 cm³/mol. The zero-order valence-electron chi connectivity index (χ0n) is 16.2. The van der Waals surface area contributed by atoms with E-state index in [0.717, 1.165) is 31.9 Å². The fraction of sp³-hybridized carbons (Fsp3) is 0.700. The Morgan fingerprint density at radius 3 is 2.54 bits per heavy atom. The Kier molecular flexibility index (Phi) is 6.67. The highest BCUT2D eigenvalue weighted by Crippen LogP contribution is 2.44. The van der Waals surface area contributed by atoms with Gasteiger partial charge in [-0.25, -0.2) is 0 Å². The van der Waals surface area contributed by atoms with Gasteiger partial charge in [-0.2, -0.15) is 0 Å². The van der Waals surface area contributed by atoms with Gasteiger partial charge >= 0.3 is 0 Å². The minimum absolute atomic E-state index is 0.283. The van der Waals surface area contributed by atoms with Crippen LogP contribution in [0.5, 0.6) is 5.75 Å². The lowest BCUT2D eigenvalue weighted by Gasteiger charge is -2.26. The van der Waals surface area contributed by atoms with Gasteiger partial charge in [-0.05, 0) is 55.9 Å². The van der Waals surface area contributed by atoms with Crippen molar-refractivity contribution in [2.45, 2.75) is 65.6 Å². The average Bonchev–Trinajstić information content (AvgIpc) is 2.89. The topological polar surface area (TPSA) is 47.7 Å². The summed E-state index contributed by atoms with van der Waals surface area (Å²) in [6.45, 7) is 14.3. The second-order valence-corrected chi connectivity index (χ2v) is 7.35. The minimum atomic E-state index is 0.283. The third-order valence-corrected chi connectivity index (χ3v) is 4.90. The van der Waals surface area contributed by atoms with Crippen LogP contribution in [0, 0.1) is 6.92 Å². The van der Waals surface area contributed by atoms with Gasteiger partial charge in [-0.15, -0.1) is 0 Å². The Bertz CT molecular complexity index is 555. The predicted octanol–water partition coefficient (Wildman–Crippen LogP) is 3.76. The number of nitrogens with two attached hydrogens (primary N) is 1. The molecule has 1 aromatic carbocycles. The van der Waals surface area contributed by atoms with Crippen LogP contribution in [0.2, 0.25) is 0 Å². The van der Waals surface area contributed by atoms with Crippen molar-refractivity contribution in [3.63, 3.8) is 0 Å². The molecular weight excluding hydrogens is 300 g/mol. The van der Waals surface area contributed by atoms with Gasteiger partial charge in [0.15, 0.2) is 0 Å². The molecule has 2 rings (SSSR count). The van der Waals surface area contributed by atoms with Gasteiger partial charge in [0.2, 0.25) is 0 Å². The molecule has 4 nitrogen and oxygen atoms in total. The lowest BCUT2D eigenvalue weighted by atomic mass is 9.88. The van der Waals surface area contributed by atoms with Crippen LogP contribution in [0.15, 0.2) is 6.07 Å². The normalized spacial score (nSPS) is 17.8. The Balaban J connectivity index is 2.26. The molecule has 1 aliphatic heterocycles. The van der Waals surface area contributed by atoms with Crippen LogP contribution in [-0.4, -0.2) is 37.8 Å². The standard InChI is InChI=1S/C20H34N2O2/c1-13(2)19-18(23-6)10-15(5)16-12-22(17(11-21)20(16)19)8-7-9-24-14(3)4/h10,13-14,17H,7-9,11-12,21H2,1-6H3. The van der Waals surface area contributed by atoms with E-state index < -0.39 is 0 Å². The Hall–Kier alpha value is -1.10. The molecule has 1 unspecified atom stereocenters. The summed E-state index contributed by atoms with van der Waals surface area (Å²) in [5.74, 6) is 1.43. The average molecular weight is 335 g/mol. The van der Waals surface area contributed by atoms with Crippen molar-refractivity contribution < 1.29 is 9.47 Å². The number of hydrogen-bond donors (Lipinski definition) is 1. The van der Waals surface area contributed by atoms with Crippen molar-refractivity contribution in [1.29, 1.82) is 0 Å². The van der Waals surface area contributed by atoms with Crippen molar-refractivity contribution in [2.75, 3.05) is 26.8 Å². The maximum atomic E-state index is 6.19. The van der Waals surface area contributed by atoms with E-state index >= 15 is 0 Å². The number of benzene rings is 1. The van der Waals surface area contributed by atoms with E-state index in [9.17, 15) is 0 Å². The van der Waals surface area contributed by atoms with Crippen molar-refractivity contribution in [3.8, 4) is 5.75 Å². The van der Waals surface area contributed by atoms with Gasteiger partial charge in [0.25, 0.3) is 0 Å². The number of fused-ring (bicyclic) bond motifs is 1. The molecule has 0 spiro atoms. The van der Waals surface area contributed by atoms with Crippen LogP contribution >= 0.6 is 0 Å². The summed E-state index contributed by atoms with van der Waals surface area (Å²) in [4.78, 5) is 2.51. The SMILES string of the molecule is COc1cc(C)c2c(c1C(C)C)C(CN)N(CCCOC(C)C)C2. The first-order chi connectivity index (χ1) is 11.4. The van der Waals surface area contributed by atoms with Crippen LogP contribution in [0.25, 0.3) is 0 Å². The first-order valence-corrected chi connectivity index (χ1v) is 9.16. The van der Waals surface area contributed by atoms with Crippen molar-refractivity contribution in [2.24, 2.45) is 5.73 Å². The number of hydrogen-bond acceptors (Lipinski definition) is 4. The lowest BCUT2D eigenvalue weighted by Crippen LogP contribution is -2.30. The summed E-state index contributed by atoms with van der Waals surface area (Å²) in [6, 6.07) is 2.47. The van der Waals surface area contributed by atoms with Gasteiger partial charge in [0.1, 0.15) is 5.75 Å². The van der Waals surface area contributed by atoms with E-state index in [1.54, 1.807) is 7.11 Å². The molecule has 24 heavy (non-hydrogen) atoms. The molecular formula is C20H34N2O2. The lowest BCUT2D eigenvalue weighted by molar-refractivity contribution is 0.0675. The highest BCUT2D eigenvalue weighted by atomic mass is 16.5. The Labute approximate surface area is 147 Å². The highest BCUT2D eigenvalue weighted by molar-refractivity contribution is 5.54. The largest absolute Gasteiger partial charge is 0.496 e. The Morgan fingerprint density at radius 1 is 1.29 bits per heavy atom. The maximum absolute atomic E-state index is 6.19. The zero-order valence-corrected chi connectivity index (χ0v) is 16.2. The van der Waals surface area contributed by atoms with Gasteiger partial charge < -0.3 is 15.2 Å². The van der Waals surface area contributed by atoms with E-state index in [1.165, 1.54) is 22.3 Å². The van der Waals surface area contributed by atoms with Crippen LogP contribution in [-0.2, 0) is 11.3 Å². The molecule has 136 valence electrons. The Morgan fingerprint density at radius 2 is 2.00 bits per heavy atom. The van der Waals surface area contributed by atoms with Crippen LogP contribution in [0.1, 0.15) is 68.3 Å². The molecule has 0 saturated carbocycles. The highest BCUT2D eigenvalue weighted by Gasteiger charge is 2.34. The fourth-order valence-corrected chi connectivity index (χ4v) is 3.81. The molecule has 2 N–H and O–H groups in total. The van der Waals surface area contributed by atoms with Crippen molar-refractivity contribution in [1.82, 2.24) is 4.90 Å². The maximum Gasteiger partial charge on any atom is 0.122 e. The monoisotopic (exact) mass is 334 g/mol. The molecule has 0 amide bonds. The van der Waals surface area contributed by atoms with Crippen LogP contribution in [0.3, 0.4) is 0 Å². The molecule has 0 saturated heterocycles. The van der Waals surface area contributed by atoms with E-state index in [2.05, 4.69) is 45.6 Å². The second-order valence-electron chi connectivity index (χ2n) is 7.35.